The Bertz CT molecular complexity index is 571. The molecule has 0 spiro atoms. The highest BCUT2D eigenvalue weighted by Crippen LogP contribution is 2.38. The predicted molar refractivity (Wildman–Crippen MR) is 85.4 cm³/mol. The van der Waals surface area contributed by atoms with Crippen molar-refractivity contribution >= 4 is 13.2 Å². The molecule has 1 fully saturated rings. The van der Waals surface area contributed by atoms with Gasteiger partial charge >= 0.3 is 7.12 Å². The summed E-state index contributed by atoms with van der Waals surface area (Å²) in [6.45, 7) is 7.84. The predicted octanol–water partition coefficient (Wildman–Crippen LogP) is 2.29. The fourth-order valence-corrected chi connectivity index (χ4v) is 2.20. The Morgan fingerprint density at radius 3 is 2.32 bits per heavy atom. The SMILES string of the molecule is CC1(C)OB(C(=Cc2ccc(CO)cc2F)CN)OC1(C)C. The highest BCUT2D eigenvalue weighted by atomic mass is 19.1. The zero-order chi connectivity index (χ0) is 16.5. The molecule has 1 saturated heterocycles. The van der Waals surface area contributed by atoms with E-state index in [0.29, 0.717) is 16.6 Å². The summed E-state index contributed by atoms with van der Waals surface area (Å²) in [4.78, 5) is 0. The Kier molecular flexibility index (Phi) is 4.77. The van der Waals surface area contributed by atoms with Crippen molar-refractivity contribution in [2.75, 3.05) is 6.54 Å². The topological polar surface area (TPSA) is 64.7 Å². The van der Waals surface area contributed by atoms with Gasteiger partial charge in [0.2, 0.25) is 0 Å². The van der Waals surface area contributed by atoms with Crippen LogP contribution in [0.5, 0.6) is 0 Å². The van der Waals surface area contributed by atoms with Crippen LogP contribution in [0.25, 0.3) is 6.08 Å². The van der Waals surface area contributed by atoms with Crippen LogP contribution in [0.15, 0.2) is 23.7 Å². The molecule has 0 unspecified atom stereocenters. The molecule has 3 N–H and O–H groups in total. The lowest BCUT2D eigenvalue weighted by atomic mass is 9.77. The van der Waals surface area contributed by atoms with Crippen LogP contribution < -0.4 is 5.73 Å². The zero-order valence-corrected chi connectivity index (χ0v) is 13.5. The molecule has 0 bridgehead atoms. The van der Waals surface area contributed by atoms with Crippen molar-refractivity contribution in [2.24, 2.45) is 5.73 Å². The zero-order valence-electron chi connectivity index (χ0n) is 13.5. The molecule has 120 valence electrons. The van der Waals surface area contributed by atoms with Gasteiger partial charge in [0.15, 0.2) is 0 Å². The van der Waals surface area contributed by atoms with Crippen LogP contribution in [0.2, 0.25) is 0 Å². The van der Waals surface area contributed by atoms with E-state index < -0.39 is 24.1 Å². The van der Waals surface area contributed by atoms with Crippen LogP contribution in [-0.4, -0.2) is 30.0 Å². The third-order valence-electron chi connectivity index (χ3n) is 4.38. The molecule has 1 aliphatic heterocycles. The van der Waals surface area contributed by atoms with E-state index in [-0.39, 0.29) is 13.2 Å². The smallest absolute Gasteiger partial charge is 0.400 e. The van der Waals surface area contributed by atoms with Gasteiger partial charge in [-0.2, -0.15) is 0 Å². The lowest BCUT2D eigenvalue weighted by Crippen LogP contribution is -2.41. The van der Waals surface area contributed by atoms with Crippen molar-refractivity contribution in [2.45, 2.75) is 45.5 Å². The fourth-order valence-electron chi connectivity index (χ4n) is 2.20. The average Bonchev–Trinajstić information content (AvgIpc) is 2.65. The number of rotatable bonds is 4. The molecule has 0 atom stereocenters. The maximum atomic E-state index is 14.0. The number of benzene rings is 1. The third kappa shape index (κ3) is 3.25. The highest BCUT2D eigenvalue weighted by molar-refractivity contribution is 6.55. The normalized spacial score (nSPS) is 20.5. The largest absolute Gasteiger partial charge is 0.491 e. The summed E-state index contributed by atoms with van der Waals surface area (Å²) < 4.78 is 25.9. The molecule has 1 aliphatic rings. The number of hydrogen-bond donors (Lipinski definition) is 2. The summed E-state index contributed by atoms with van der Waals surface area (Å²) in [7, 11) is -0.591. The molecule has 22 heavy (non-hydrogen) atoms. The number of aliphatic hydroxyl groups excluding tert-OH is 1. The van der Waals surface area contributed by atoms with E-state index in [1.807, 2.05) is 27.7 Å². The van der Waals surface area contributed by atoms with E-state index in [1.165, 1.54) is 6.07 Å². The summed E-state index contributed by atoms with van der Waals surface area (Å²) in [6.07, 6.45) is 1.65. The Labute approximate surface area is 131 Å². The summed E-state index contributed by atoms with van der Waals surface area (Å²) >= 11 is 0. The van der Waals surface area contributed by atoms with Crippen LogP contribution in [0.3, 0.4) is 0 Å². The van der Waals surface area contributed by atoms with E-state index in [1.54, 1.807) is 18.2 Å². The van der Waals surface area contributed by atoms with Crippen LogP contribution in [0.1, 0.15) is 38.8 Å². The molecule has 1 aromatic rings. The van der Waals surface area contributed by atoms with Crippen molar-refractivity contribution in [3.05, 3.63) is 40.6 Å². The van der Waals surface area contributed by atoms with Gasteiger partial charge < -0.3 is 20.1 Å². The lowest BCUT2D eigenvalue weighted by molar-refractivity contribution is 0.00578. The number of aliphatic hydroxyl groups is 1. The first-order chi connectivity index (χ1) is 10.2. The first kappa shape index (κ1) is 17.2. The molecule has 4 nitrogen and oxygen atoms in total. The molecule has 0 saturated carbocycles. The van der Waals surface area contributed by atoms with Crippen LogP contribution in [0, 0.1) is 5.82 Å². The maximum absolute atomic E-state index is 14.0. The second-order valence-electron chi connectivity index (χ2n) is 6.53. The van der Waals surface area contributed by atoms with Gasteiger partial charge in [-0.15, -0.1) is 0 Å². The Morgan fingerprint density at radius 1 is 1.27 bits per heavy atom. The average molecular weight is 307 g/mol. The second-order valence-corrected chi connectivity index (χ2v) is 6.53. The van der Waals surface area contributed by atoms with Crippen LogP contribution in [0.4, 0.5) is 4.39 Å². The lowest BCUT2D eigenvalue weighted by Gasteiger charge is -2.32. The first-order valence-electron chi connectivity index (χ1n) is 7.35. The molecule has 2 rings (SSSR count). The molecule has 0 radical (unpaired) electrons. The number of nitrogens with two attached hydrogens (primary N) is 1. The quantitative estimate of drug-likeness (QED) is 0.838. The van der Waals surface area contributed by atoms with E-state index in [2.05, 4.69) is 0 Å². The minimum Gasteiger partial charge on any atom is -0.400 e. The van der Waals surface area contributed by atoms with Gasteiger partial charge in [-0.1, -0.05) is 18.2 Å². The molecule has 0 aromatic heterocycles. The highest BCUT2D eigenvalue weighted by Gasteiger charge is 2.52. The van der Waals surface area contributed by atoms with Gasteiger partial charge in [-0.25, -0.2) is 4.39 Å². The van der Waals surface area contributed by atoms with E-state index in [9.17, 15) is 4.39 Å². The number of hydrogen-bond acceptors (Lipinski definition) is 4. The molecule has 0 aliphatic carbocycles. The monoisotopic (exact) mass is 307 g/mol. The Balaban J connectivity index is 2.29. The summed E-state index contributed by atoms with van der Waals surface area (Å²) in [5, 5.41) is 9.03. The van der Waals surface area contributed by atoms with Crippen LogP contribution in [-0.2, 0) is 15.9 Å². The van der Waals surface area contributed by atoms with E-state index in [4.69, 9.17) is 20.1 Å². The molecular weight excluding hydrogens is 284 g/mol. The van der Waals surface area contributed by atoms with Gasteiger partial charge in [-0.3, -0.25) is 0 Å². The molecule has 6 heteroatoms. The minimum absolute atomic E-state index is 0.193. The molecule has 0 amide bonds. The van der Waals surface area contributed by atoms with Crippen molar-refractivity contribution in [1.82, 2.24) is 0 Å². The standard InChI is InChI=1S/C16H23BFNO3/c1-15(2)16(3,4)22-17(21-15)13(9-19)8-12-6-5-11(10-20)7-14(12)18/h5-8,20H,9-10,19H2,1-4H3. The Hall–Kier alpha value is -1.21. The fraction of sp³-hybridized carbons (Fsp3) is 0.500. The van der Waals surface area contributed by atoms with Crippen molar-refractivity contribution in [1.29, 1.82) is 0 Å². The van der Waals surface area contributed by atoms with Gasteiger partial charge in [0.05, 0.1) is 17.8 Å². The molecule has 1 aromatic carbocycles. The van der Waals surface area contributed by atoms with Gasteiger partial charge in [0, 0.05) is 12.1 Å². The minimum atomic E-state index is -0.591. The van der Waals surface area contributed by atoms with Crippen molar-refractivity contribution < 1.29 is 18.8 Å². The second kappa shape index (κ2) is 6.12. The third-order valence-corrected chi connectivity index (χ3v) is 4.38. The first-order valence-corrected chi connectivity index (χ1v) is 7.35. The molecular formula is C16H23BFNO3. The maximum Gasteiger partial charge on any atom is 0.491 e. The van der Waals surface area contributed by atoms with Gasteiger partial charge in [0.25, 0.3) is 0 Å². The van der Waals surface area contributed by atoms with E-state index in [0.717, 1.165) is 0 Å². The van der Waals surface area contributed by atoms with E-state index >= 15 is 0 Å². The Morgan fingerprint density at radius 2 is 1.86 bits per heavy atom. The summed E-state index contributed by atoms with van der Waals surface area (Å²) in [5.74, 6) is -0.408. The molecule has 1 heterocycles. The van der Waals surface area contributed by atoms with Gasteiger partial charge in [0.1, 0.15) is 5.82 Å². The number of halogens is 1. The summed E-state index contributed by atoms with van der Waals surface area (Å²) in [5.41, 5.74) is 6.46. The summed E-state index contributed by atoms with van der Waals surface area (Å²) in [6, 6.07) is 4.60. The van der Waals surface area contributed by atoms with Crippen molar-refractivity contribution in [3.8, 4) is 0 Å². The van der Waals surface area contributed by atoms with Gasteiger partial charge in [-0.05, 0) is 44.8 Å². The van der Waals surface area contributed by atoms with Crippen molar-refractivity contribution in [3.63, 3.8) is 0 Å². The van der Waals surface area contributed by atoms with Crippen LogP contribution >= 0.6 is 0 Å².